The van der Waals surface area contributed by atoms with Gasteiger partial charge in [-0.05, 0) is 28.1 Å². The Hall–Kier alpha value is -0.810. The normalized spacial score (nSPS) is 21.1. The molecule has 0 amide bonds. The minimum absolute atomic E-state index is 0.0978. The summed E-state index contributed by atoms with van der Waals surface area (Å²) in [7, 11) is 0. The highest BCUT2D eigenvalue weighted by molar-refractivity contribution is 9.10. The van der Waals surface area contributed by atoms with Crippen LogP contribution in [-0.2, 0) is 4.74 Å². The largest absolute Gasteiger partial charge is 0.471 e. The van der Waals surface area contributed by atoms with Crippen LogP contribution in [0.3, 0.4) is 0 Å². The number of nitrogen functional groups attached to an aromatic ring is 1. The quantitative estimate of drug-likeness (QED) is 0.876. The SMILES string of the molecule is Nc1ccc(Br)c(OC2CCOC2)n1. The van der Waals surface area contributed by atoms with Gasteiger partial charge in [-0.15, -0.1) is 0 Å². The molecular formula is C9H11BrN2O2. The number of ether oxygens (including phenoxy) is 2. The fourth-order valence-corrected chi connectivity index (χ4v) is 1.60. The predicted octanol–water partition coefficient (Wildman–Crippen LogP) is 1.59. The molecule has 0 spiro atoms. The number of nitrogens with zero attached hydrogens (tertiary/aromatic N) is 1. The minimum Gasteiger partial charge on any atom is -0.471 e. The second-order valence-corrected chi connectivity index (χ2v) is 3.98. The summed E-state index contributed by atoms with van der Waals surface area (Å²) in [6.07, 6.45) is 1.00. The summed E-state index contributed by atoms with van der Waals surface area (Å²) in [4.78, 5) is 4.09. The highest BCUT2D eigenvalue weighted by Gasteiger charge is 2.18. The number of rotatable bonds is 2. The fraction of sp³-hybridized carbons (Fsp3) is 0.444. The van der Waals surface area contributed by atoms with E-state index in [-0.39, 0.29) is 6.10 Å². The first kappa shape index (κ1) is 9.73. The zero-order valence-corrected chi connectivity index (χ0v) is 9.16. The van der Waals surface area contributed by atoms with Crippen molar-refractivity contribution in [3.63, 3.8) is 0 Å². The van der Waals surface area contributed by atoms with Gasteiger partial charge in [0.05, 0.1) is 17.7 Å². The van der Waals surface area contributed by atoms with Crippen molar-refractivity contribution in [2.24, 2.45) is 0 Å². The van der Waals surface area contributed by atoms with Crippen LogP contribution in [0.1, 0.15) is 6.42 Å². The Morgan fingerprint density at radius 3 is 3.14 bits per heavy atom. The van der Waals surface area contributed by atoms with Crippen LogP contribution in [-0.4, -0.2) is 24.3 Å². The molecule has 5 heteroatoms. The fourth-order valence-electron chi connectivity index (χ4n) is 1.28. The summed E-state index contributed by atoms with van der Waals surface area (Å²) < 4.78 is 11.6. The molecule has 1 atom stereocenters. The van der Waals surface area contributed by atoms with E-state index in [1.54, 1.807) is 6.07 Å². The number of aromatic nitrogens is 1. The van der Waals surface area contributed by atoms with Crippen LogP contribution in [0.4, 0.5) is 5.82 Å². The number of hydrogen-bond donors (Lipinski definition) is 1. The average Bonchev–Trinajstić information content (AvgIpc) is 2.64. The molecule has 2 rings (SSSR count). The van der Waals surface area contributed by atoms with Crippen LogP contribution in [0.15, 0.2) is 16.6 Å². The predicted molar refractivity (Wildman–Crippen MR) is 56.2 cm³/mol. The molecule has 1 saturated heterocycles. The van der Waals surface area contributed by atoms with Gasteiger partial charge in [-0.2, -0.15) is 4.98 Å². The average molecular weight is 259 g/mol. The van der Waals surface area contributed by atoms with Crippen molar-refractivity contribution in [3.8, 4) is 5.88 Å². The second kappa shape index (κ2) is 4.14. The summed E-state index contributed by atoms with van der Waals surface area (Å²) in [6, 6.07) is 3.55. The van der Waals surface area contributed by atoms with E-state index in [9.17, 15) is 0 Å². The third-order valence-electron chi connectivity index (χ3n) is 2.00. The number of nitrogens with two attached hydrogens (primary N) is 1. The molecule has 0 aliphatic carbocycles. The van der Waals surface area contributed by atoms with Crippen molar-refractivity contribution in [2.45, 2.75) is 12.5 Å². The Morgan fingerprint density at radius 2 is 2.43 bits per heavy atom. The molecule has 0 radical (unpaired) electrons. The number of hydrogen-bond acceptors (Lipinski definition) is 4. The first-order valence-corrected chi connectivity index (χ1v) is 5.21. The zero-order chi connectivity index (χ0) is 9.97. The van der Waals surface area contributed by atoms with Gasteiger partial charge in [0.15, 0.2) is 0 Å². The summed E-state index contributed by atoms with van der Waals surface area (Å²) in [5.41, 5.74) is 5.56. The number of anilines is 1. The van der Waals surface area contributed by atoms with Crippen LogP contribution < -0.4 is 10.5 Å². The van der Waals surface area contributed by atoms with Crippen molar-refractivity contribution < 1.29 is 9.47 Å². The van der Waals surface area contributed by atoms with Gasteiger partial charge in [0, 0.05) is 6.42 Å². The third kappa shape index (κ3) is 2.16. The lowest BCUT2D eigenvalue weighted by molar-refractivity contribution is 0.137. The Balaban J connectivity index is 2.10. The van der Waals surface area contributed by atoms with Crippen molar-refractivity contribution in [1.29, 1.82) is 0 Å². The lowest BCUT2D eigenvalue weighted by Gasteiger charge is -2.12. The molecule has 2 heterocycles. The summed E-state index contributed by atoms with van der Waals surface area (Å²) >= 11 is 3.35. The van der Waals surface area contributed by atoms with Gasteiger partial charge in [-0.1, -0.05) is 0 Å². The Labute approximate surface area is 90.5 Å². The standard InChI is InChI=1S/C9H11BrN2O2/c10-7-1-2-8(11)12-9(7)14-6-3-4-13-5-6/h1-2,6H,3-5H2,(H2,11,12). The van der Waals surface area contributed by atoms with E-state index in [0.717, 1.165) is 17.5 Å². The lowest BCUT2D eigenvalue weighted by atomic mass is 10.3. The maximum absolute atomic E-state index is 5.62. The molecule has 76 valence electrons. The van der Waals surface area contributed by atoms with Crippen LogP contribution in [0.2, 0.25) is 0 Å². The highest BCUT2D eigenvalue weighted by Crippen LogP contribution is 2.25. The van der Waals surface area contributed by atoms with Gasteiger partial charge >= 0.3 is 0 Å². The molecular weight excluding hydrogens is 248 g/mol. The monoisotopic (exact) mass is 258 g/mol. The van der Waals surface area contributed by atoms with Gasteiger partial charge in [0.2, 0.25) is 5.88 Å². The van der Waals surface area contributed by atoms with E-state index in [0.29, 0.717) is 18.3 Å². The van der Waals surface area contributed by atoms with Gasteiger partial charge in [0.25, 0.3) is 0 Å². The zero-order valence-electron chi connectivity index (χ0n) is 7.57. The van der Waals surface area contributed by atoms with Gasteiger partial charge in [0.1, 0.15) is 11.9 Å². The highest BCUT2D eigenvalue weighted by atomic mass is 79.9. The molecule has 1 aliphatic rings. The van der Waals surface area contributed by atoms with E-state index in [1.165, 1.54) is 0 Å². The molecule has 0 aromatic carbocycles. The molecule has 14 heavy (non-hydrogen) atoms. The molecule has 0 saturated carbocycles. The maximum atomic E-state index is 5.62. The number of pyridine rings is 1. The van der Waals surface area contributed by atoms with Crippen molar-refractivity contribution >= 4 is 21.7 Å². The molecule has 2 N–H and O–H groups in total. The Kier molecular flexibility index (Phi) is 2.88. The topological polar surface area (TPSA) is 57.4 Å². The molecule has 1 unspecified atom stereocenters. The van der Waals surface area contributed by atoms with E-state index >= 15 is 0 Å². The minimum atomic E-state index is 0.0978. The van der Waals surface area contributed by atoms with Crippen LogP contribution in [0.5, 0.6) is 5.88 Å². The molecule has 1 fully saturated rings. The molecule has 0 bridgehead atoms. The van der Waals surface area contributed by atoms with Crippen LogP contribution in [0.25, 0.3) is 0 Å². The van der Waals surface area contributed by atoms with Crippen molar-refractivity contribution in [3.05, 3.63) is 16.6 Å². The number of halogens is 1. The van der Waals surface area contributed by atoms with Crippen molar-refractivity contribution in [2.75, 3.05) is 18.9 Å². The van der Waals surface area contributed by atoms with Gasteiger partial charge in [-0.25, -0.2) is 0 Å². The van der Waals surface area contributed by atoms with Crippen LogP contribution in [0, 0.1) is 0 Å². The Morgan fingerprint density at radius 1 is 1.57 bits per heavy atom. The summed E-state index contributed by atoms with van der Waals surface area (Å²) in [6.45, 7) is 1.38. The molecule has 1 aliphatic heterocycles. The smallest absolute Gasteiger partial charge is 0.230 e. The van der Waals surface area contributed by atoms with E-state index in [4.69, 9.17) is 15.2 Å². The van der Waals surface area contributed by atoms with E-state index < -0.39 is 0 Å². The Bertz CT molecular complexity index is 327. The third-order valence-corrected chi connectivity index (χ3v) is 2.61. The summed E-state index contributed by atoms with van der Waals surface area (Å²) in [5, 5.41) is 0. The van der Waals surface area contributed by atoms with Gasteiger partial charge < -0.3 is 15.2 Å². The first-order chi connectivity index (χ1) is 6.75. The van der Waals surface area contributed by atoms with Crippen molar-refractivity contribution in [1.82, 2.24) is 4.98 Å². The molecule has 1 aromatic rings. The first-order valence-electron chi connectivity index (χ1n) is 4.42. The van der Waals surface area contributed by atoms with E-state index in [2.05, 4.69) is 20.9 Å². The van der Waals surface area contributed by atoms with Crippen LogP contribution >= 0.6 is 15.9 Å². The summed E-state index contributed by atoms with van der Waals surface area (Å²) in [5.74, 6) is 1.00. The second-order valence-electron chi connectivity index (χ2n) is 3.13. The van der Waals surface area contributed by atoms with Gasteiger partial charge in [-0.3, -0.25) is 0 Å². The molecule has 1 aromatic heterocycles. The molecule has 4 nitrogen and oxygen atoms in total. The maximum Gasteiger partial charge on any atom is 0.230 e. The van der Waals surface area contributed by atoms with E-state index in [1.807, 2.05) is 6.07 Å². The lowest BCUT2D eigenvalue weighted by Crippen LogP contribution is -2.17.